The Bertz CT molecular complexity index is 1440. The van der Waals surface area contributed by atoms with Crippen molar-refractivity contribution in [1.29, 1.82) is 0 Å². The summed E-state index contributed by atoms with van der Waals surface area (Å²) in [6, 6.07) is 2.99. The van der Waals surface area contributed by atoms with Gasteiger partial charge in [-0.15, -0.1) is 11.3 Å². The van der Waals surface area contributed by atoms with E-state index in [4.69, 9.17) is 4.74 Å². The van der Waals surface area contributed by atoms with Crippen LogP contribution in [0.15, 0.2) is 34.6 Å². The van der Waals surface area contributed by atoms with Gasteiger partial charge in [0.05, 0.1) is 23.8 Å². The number of aliphatic carboxylic acids is 1. The van der Waals surface area contributed by atoms with Crippen LogP contribution in [0.4, 0.5) is 10.9 Å². The summed E-state index contributed by atoms with van der Waals surface area (Å²) in [6.07, 6.45) is 7.73. The van der Waals surface area contributed by atoms with E-state index in [9.17, 15) is 24.3 Å². The summed E-state index contributed by atoms with van der Waals surface area (Å²) in [5, 5.41) is 16.3. The molecular formula is C25H24N5O6S-. The molecule has 1 aliphatic heterocycles. The Hall–Kier alpha value is -4.06. The minimum Gasteiger partial charge on any atom is -0.545 e. The highest BCUT2D eigenvalue weighted by molar-refractivity contribution is 7.14. The molecule has 1 amide bonds. The van der Waals surface area contributed by atoms with Crippen LogP contribution >= 0.6 is 11.3 Å². The number of nitrogens with zero attached hydrogens (tertiary/aromatic N) is 4. The van der Waals surface area contributed by atoms with Gasteiger partial charge in [0, 0.05) is 29.6 Å². The molecule has 192 valence electrons. The molecule has 3 aromatic heterocycles. The SMILES string of the molecule is O=COC1CCCN(c2nc3cc(C(=O)Nc4nc(C5CCC5)cs4)ccn3c(=O)c2/C=C/C(=O)[O-])C1. The highest BCUT2D eigenvalue weighted by Crippen LogP contribution is 2.37. The van der Waals surface area contributed by atoms with Gasteiger partial charge in [-0.25, -0.2) is 9.97 Å². The molecular weight excluding hydrogens is 498 g/mol. The maximum Gasteiger partial charge on any atom is 0.293 e. The number of nitrogens with one attached hydrogen (secondary N) is 1. The molecule has 0 spiro atoms. The normalized spacial score (nSPS) is 18.1. The first-order chi connectivity index (χ1) is 17.9. The Morgan fingerprint density at radius 1 is 1.22 bits per heavy atom. The zero-order valence-electron chi connectivity index (χ0n) is 19.8. The van der Waals surface area contributed by atoms with Crippen LogP contribution in [0.3, 0.4) is 0 Å². The van der Waals surface area contributed by atoms with Gasteiger partial charge in [0.15, 0.2) is 5.13 Å². The van der Waals surface area contributed by atoms with Crippen molar-refractivity contribution in [3.8, 4) is 0 Å². The lowest BCUT2D eigenvalue weighted by Crippen LogP contribution is -2.41. The fourth-order valence-corrected chi connectivity index (χ4v) is 5.33. The van der Waals surface area contributed by atoms with Gasteiger partial charge < -0.3 is 19.5 Å². The van der Waals surface area contributed by atoms with E-state index in [1.807, 2.05) is 5.38 Å². The number of amides is 1. The minimum absolute atomic E-state index is 0.0527. The second-order valence-corrected chi connectivity index (χ2v) is 9.91. The van der Waals surface area contributed by atoms with Crippen LogP contribution in [0.5, 0.6) is 0 Å². The number of pyridine rings is 1. The van der Waals surface area contributed by atoms with Crippen molar-refractivity contribution < 1.29 is 24.2 Å². The molecule has 2 fully saturated rings. The number of hydrogen-bond acceptors (Lipinski definition) is 10. The summed E-state index contributed by atoms with van der Waals surface area (Å²) in [4.78, 5) is 59.1. The Morgan fingerprint density at radius 2 is 2.05 bits per heavy atom. The Morgan fingerprint density at radius 3 is 2.78 bits per heavy atom. The molecule has 0 aromatic carbocycles. The molecule has 1 N–H and O–H groups in total. The molecule has 1 saturated heterocycles. The second kappa shape index (κ2) is 10.5. The summed E-state index contributed by atoms with van der Waals surface area (Å²) in [5.41, 5.74) is 1.05. The quantitative estimate of drug-likeness (QED) is 0.344. The third-order valence-corrected chi connectivity index (χ3v) is 7.46. The van der Waals surface area contributed by atoms with E-state index in [0.717, 1.165) is 30.7 Å². The van der Waals surface area contributed by atoms with Crippen LogP contribution in [0.25, 0.3) is 11.7 Å². The number of aromatic nitrogens is 3. The number of piperidine rings is 1. The Balaban J connectivity index is 1.48. The number of anilines is 2. The van der Waals surface area contributed by atoms with Crippen molar-refractivity contribution in [2.24, 2.45) is 0 Å². The van der Waals surface area contributed by atoms with Crippen LogP contribution < -0.4 is 20.9 Å². The number of carboxylic acid groups (broad SMARTS) is 1. The largest absolute Gasteiger partial charge is 0.545 e. The van der Waals surface area contributed by atoms with E-state index in [1.165, 1.54) is 40.5 Å². The van der Waals surface area contributed by atoms with Gasteiger partial charge in [0.1, 0.15) is 17.6 Å². The number of carbonyl (C=O) groups excluding carboxylic acids is 3. The van der Waals surface area contributed by atoms with Crippen LogP contribution in [0.2, 0.25) is 0 Å². The number of carbonyl (C=O) groups is 3. The van der Waals surface area contributed by atoms with E-state index in [0.29, 0.717) is 43.5 Å². The first-order valence-electron chi connectivity index (χ1n) is 12.0. The predicted molar refractivity (Wildman–Crippen MR) is 135 cm³/mol. The van der Waals surface area contributed by atoms with Crippen molar-refractivity contribution in [2.75, 3.05) is 23.3 Å². The zero-order chi connectivity index (χ0) is 25.9. The van der Waals surface area contributed by atoms with Gasteiger partial charge in [-0.05, 0) is 50.0 Å². The van der Waals surface area contributed by atoms with Crippen LogP contribution in [0.1, 0.15) is 59.6 Å². The van der Waals surface area contributed by atoms with E-state index in [1.54, 1.807) is 4.90 Å². The number of ether oxygens (including phenoxy) is 1. The van der Waals surface area contributed by atoms with Crippen molar-refractivity contribution in [1.82, 2.24) is 14.4 Å². The van der Waals surface area contributed by atoms with Gasteiger partial charge in [-0.3, -0.25) is 24.1 Å². The molecule has 2 aliphatic rings. The molecule has 37 heavy (non-hydrogen) atoms. The fourth-order valence-electron chi connectivity index (χ4n) is 4.54. The third kappa shape index (κ3) is 5.24. The van der Waals surface area contributed by atoms with Crippen LogP contribution in [0, 0.1) is 0 Å². The second-order valence-electron chi connectivity index (χ2n) is 9.05. The molecule has 1 unspecified atom stereocenters. The molecule has 4 heterocycles. The van der Waals surface area contributed by atoms with Gasteiger partial charge in [0.2, 0.25) is 0 Å². The average Bonchev–Trinajstić information content (AvgIpc) is 3.29. The molecule has 12 heteroatoms. The molecule has 1 aliphatic carbocycles. The first-order valence-corrected chi connectivity index (χ1v) is 12.9. The summed E-state index contributed by atoms with van der Waals surface area (Å²) in [6.45, 7) is 1.21. The topological polar surface area (TPSA) is 146 Å². The average molecular weight is 523 g/mol. The van der Waals surface area contributed by atoms with Crippen molar-refractivity contribution >= 4 is 52.4 Å². The molecule has 5 rings (SSSR count). The van der Waals surface area contributed by atoms with E-state index in [-0.39, 0.29) is 34.6 Å². The summed E-state index contributed by atoms with van der Waals surface area (Å²) in [5.74, 6) is -1.13. The first kappa shape index (κ1) is 24.6. The van der Waals surface area contributed by atoms with Crippen molar-refractivity contribution in [3.05, 3.63) is 57.0 Å². The lowest BCUT2D eigenvalue weighted by Gasteiger charge is -2.33. The van der Waals surface area contributed by atoms with E-state index in [2.05, 4.69) is 15.3 Å². The Labute approximate surface area is 215 Å². The lowest BCUT2D eigenvalue weighted by molar-refractivity contribution is -0.297. The third-order valence-electron chi connectivity index (χ3n) is 6.68. The standard InChI is InChI=1S/C25H25N5O6S/c31-14-36-17-5-2-9-29(12-17)22-18(6-7-21(32)33)24(35)30-10-8-16(11-20(30)27-22)23(34)28-25-26-19(13-37-25)15-3-1-4-15/h6-8,10-11,13-15,17H,1-5,9,12H2,(H,32,33)(H,26,28,34)/p-1/b7-6+. The number of carboxylic acids is 1. The number of hydrogen-bond donors (Lipinski definition) is 1. The van der Waals surface area contributed by atoms with Crippen LogP contribution in [-0.4, -0.2) is 51.9 Å². The van der Waals surface area contributed by atoms with Crippen molar-refractivity contribution in [2.45, 2.75) is 44.1 Å². The van der Waals surface area contributed by atoms with E-state index < -0.39 is 11.5 Å². The predicted octanol–water partition coefficient (Wildman–Crippen LogP) is 1.58. The van der Waals surface area contributed by atoms with Crippen LogP contribution in [-0.2, 0) is 14.3 Å². The molecule has 0 bridgehead atoms. The number of fused-ring (bicyclic) bond motifs is 1. The van der Waals surface area contributed by atoms with Gasteiger partial charge >= 0.3 is 0 Å². The Kier molecular flexibility index (Phi) is 6.99. The minimum atomic E-state index is -1.45. The van der Waals surface area contributed by atoms with Gasteiger partial charge in [-0.1, -0.05) is 6.42 Å². The molecule has 0 radical (unpaired) electrons. The highest BCUT2D eigenvalue weighted by atomic mass is 32.1. The maximum absolute atomic E-state index is 13.3. The summed E-state index contributed by atoms with van der Waals surface area (Å²) in [7, 11) is 0. The maximum atomic E-state index is 13.3. The number of thiazole rings is 1. The van der Waals surface area contributed by atoms with E-state index >= 15 is 0 Å². The number of rotatable bonds is 8. The molecule has 1 saturated carbocycles. The lowest BCUT2D eigenvalue weighted by atomic mass is 9.83. The molecule has 1 atom stereocenters. The fraction of sp³-hybridized carbons (Fsp3) is 0.360. The monoisotopic (exact) mass is 522 g/mol. The summed E-state index contributed by atoms with van der Waals surface area (Å²) >= 11 is 1.37. The molecule has 11 nitrogen and oxygen atoms in total. The highest BCUT2D eigenvalue weighted by Gasteiger charge is 2.26. The zero-order valence-corrected chi connectivity index (χ0v) is 20.6. The summed E-state index contributed by atoms with van der Waals surface area (Å²) < 4.78 is 6.36. The van der Waals surface area contributed by atoms with Gasteiger partial charge in [0.25, 0.3) is 17.9 Å². The van der Waals surface area contributed by atoms with Crippen molar-refractivity contribution in [3.63, 3.8) is 0 Å². The van der Waals surface area contributed by atoms with Gasteiger partial charge in [-0.2, -0.15) is 0 Å². The smallest absolute Gasteiger partial charge is 0.293 e. The molecule has 3 aromatic rings.